The summed E-state index contributed by atoms with van der Waals surface area (Å²) in [7, 11) is 0. The highest BCUT2D eigenvalue weighted by Gasteiger charge is 2.21. The van der Waals surface area contributed by atoms with Crippen molar-refractivity contribution < 1.29 is 14.7 Å². The number of amides is 1. The van der Waals surface area contributed by atoms with Crippen molar-refractivity contribution in [1.29, 1.82) is 0 Å². The zero-order chi connectivity index (χ0) is 24.3. The predicted octanol–water partition coefficient (Wildman–Crippen LogP) is 6.04. The number of nitrogens with one attached hydrogen (secondary N) is 1. The second kappa shape index (κ2) is 12.7. The molecule has 2 atom stereocenters. The monoisotopic (exact) mass is 457 g/mol. The Bertz CT molecular complexity index is 1060. The van der Waals surface area contributed by atoms with E-state index in [4.69, 9.17) is 5.11 Å². The van der Waals surface area contributed by atoms with Crippen LogP contribution in [0.15, 0.2) is 78.9 Å². The van der Waals surface area contributed by atoms with E-state index in [-0.39, 0.29) is 24.2 Å². The molecule has 4 nitrogen and oxygen atoms in total. The number of hydrogen-bond acceptors (Lipinski definition) is 2. The second-order valence-corrected chi connectivity index (χ2v) is 9.04. The lowest BCUT2D eigenvalue weighted by Gasteiger charge is -2.25. The first kappa shape index (κ1) is 25.2. The van der Waals surface area contributed by atoms with Gasteiger partial charge in [-0.3, -0.25) is 9.59 Å². The van der Waals surface area contributed by atoms with Gasteiger partial charge in [0, 0.05) is 13.0 Å². The molecule has 2 unspecified atom stereocenters. The van der Waals surface area contributed by atoms with Crippen molar-refractivity contribution in [3.8, 4) is 0 Å². The highest BCUT2D eigenvalue weighted by molar-refractivity contribution is 5.78. The molecule has 3 rings (SSSR count). The van der Waals surface area contributed by atoms with Gasteiger partial charge in [0.25, 0.3) is 0 Å². The molecule has 3 aromatic rings. The van der Waals surface area contributed by atoms with Gasteiger partial charge in [0.1, 0.15) is 0 Å². The molecule has 0 aliphatic carbocycles. The maximum atomic E-state index is 12.4. The largest absolute Gasteiger partial charge is 0.481 e. The highest BCUT2D eigenvalue weighted by atomic mass is 16.4. The Kier molecular flexibility index (Phi) is 9.45. The van der Waals surface area contributed by atoms with Crippen LogP contribution in [0.4, 0.5) is 0 Å². The van der Waals surface area contributed by atoms with Crippen molar-refractivity contribution in [2.24, 2.45) is 0 Å². The molecule has 34 heavy (non-hydrogen) atoms. The van der Waals surface area contributed by atoms with Crippen LogP contribution in [-0.2, 0) is 22.4 Å². The molecule has 1 amide bonds. The molecule has 4 heteroatoms. The SMILES string of the molecule is Cc1ccccc1CCNC(=O)Cc1ccc(C(CCCC(=O)O)C(C)c2ccccc2)cc1. The average Bonchev–Trinajstić information content (AvgIpc) is 2.84. The van der Waals surface area contributed by atoms with Crippen molar-refractivity contribution in [3.05, 3.63) is 107 Å². The van der Waals surface area contributed by atoms with Gasteiger partial charge in [-0.05, 0) is 65.8 Å². The Balaban J connectivity index is 1.60. The van der Waals surface area contributed by atoms with E-state index in [1.165, 1.54) is 22.3 Å². The third-order valence-electron chi connectivity index (χ3n) is 6.58. The third-order valence-corrected chi connectivity index (χ3v) is 6.58. The maximum Gasteiger partial charge on any atom is 0.303 e. The van der Waals surface area contributed by atoms with Gasteiger partial charge >= 0.3 is 5.97 Å². The minimum absolute atomic E-state index is 0.0250. The summed E-state index contributed by atoms with van der Waals surface area (Å²) in [4.78, 5) is 23.5. The van der Waals surface area contributed by atoms with E-state index >= 15 is 0 Å². The predicted molar refractivity (Wildman–Crippen MR) is 137 cm³/mol. The number of aryl methyl sites for hydroxylation is 1. The van der Waals surface area contributed by atoms with Crippen molar-refractivity contribution in [3.63, 3.8) is 0 Å². The summed E-state index contributed by atoms with van der Waals surface area (Å²) in [5.41, 5.74) is 5.92. The third kappa shape index (κ3) is 7.58. The Labute approximate surface area is 203 Å². The number of carboxylic acid groups (broad SMARTS) is 1. The molecule has 0 aromatic heterocycles. The van der Waals surface area contributed by atoms with Crippen LogP contribution in [0.2, 0.25) is 0 Å². The molecule has 0 saturated carbocycles. The number of benzene rings is 3. The van der Waals surface area contributed by atoms with E-state index < -0.39 is 5.97 Å². The maximum absolute atomic E-state index is 12.4. The molecule has 0 bridgehead atoms. The van der Waals surface area contributed by atoms with Crippen molar-refractivity contribution in [1.82, 2.24) is 5.32 Å². The second-order valence-electron chi connectivity index (χ2n) is 9.04. The smallest absolute Gasteiger partial charge is 0.303 e. The topological polar surface area (TPSA) is 66.4 Å². The standard InChI is InChI=1S/C30H35NO3/c1-22-9-6-7-10-25(22)19-20-31-29(32)21-24-15-17-27(18-16-24)28(13-8-14-30(33)34)23(2)26-11-4-3-5-12-26/h3-7,9-12,15-18,23,28H,8,13-14,19-21H2,1-2H3,(H,31,32)(H,33,34). The number of aliphatic carboxylic acids is 1. The van der Waals surface area contributed by atoms with Crippen LogP contribution in [0.3, 0.4) is 0 Å². The summed E-state index contributed by atoms with van der Waals surface area (Å²) >= 11 is 0. The molecule has 178 valence electrons. The van der Waals surface area contributed by atoms with Gasteiger partial charge in [-0.1, -0.05) is 85.8 Å². The number of rotatable bonds is 12. The van der Waals surface area contributed by atoms with E-state index in [0.29, 0.717) is 19.4 Å². The molecule has 0 spiro atoms. The molecule has 0 radical (unpaired) electrons. The first-order valence-electron chi connectivity index (χ1n) is 12.1. The lowest BCUT2D eigenvalue weighted by molar-refractivity contribution is -0.137. The molecule has 2 N–H and O–H groups in total. The molecular formula is C30H35NO3. The number of carbonyl (C=O) groups excluding carboxylic acids is 1. The first-order valence-corrected chi connectivity index (χ1v) is 12.1. The fraction of sp³-hybridized carbons (Fsp3) is 0.333. The summed E-state index contributed by atoms with van der Waals surface area (Å²) in [6, 6.07) is 26.8. The van der Waals surface area contributed by atoms with Gasteiger partial charge in [-0.25, -0.2) is 0 Å². The number of carboxylic acids is 1. The van der Waals surface area contributed by atoms with Gasteiger partial charge in [0.05, 0.1) is 6.42 Å². The van der Waals surface area contributed by atoms with Crippen LogP contribution in [0.5, 0.6) is 0 Å². The normalized spacial score (nSPS) is 12.6. The highest BCUT2D eigenvalue weighted by Crippen LogP contribution is 2.36. The summed E-state index contributed by atoms with van der Waals surface area (Å²) in [6.07, 6.45) is 2.81. The van der Waals surface area contributed by atoms with Gasteiger partial charge in [-0.15, -0.1) is 0 Å². The minimum Gasteiger partial charge on any atom is -0.481 e. The van der Waals surface area contributed by atoms with Crippen molar-refractivity contribution in [2.75, 3.05) is 6.54 Å². The number of hydrogen-bond donors (Lipinski definition) is 2. The zero-order valence-electron chi connectivity index (χ0n) is 20.2. The summed E-state index contributed by atoms with van der Waals surface area (Å²) < 4.78 is 0. The molecule has 0 heterocycles. The van der Waals surface area contributed by atoms with Crippen LogP contribution in [0.1, 0.15) is 65.8 Å². The lowest BCUT2D eigenvalue weighted by atomic mass is 9.79. The van der Waals surface area contributed by atoms with E-state index in [1.54, 1.807) is 0 Å². The number of carbonyl (C=O) groups is 2. The molecule has 0 fully saturated rings. The fourth-order valence-corrected chi connectivity index (χ4v) is 4.53. The summed E-state index contributed by atoms with van der Waals surface area (Å²) in [5, 5.41) is 12.1. The van der Waals surface area contributed by atoms with Crippen molar-refractivity contribution in [2.45, 2.75) is 57.8 Å². The molecule has 3 aromatic carbocycles. The van der Waals surface area contributed by atoms with E-state index in [9.17, 15) is 9.59 Å². The summed E-state index contributed by atoms with van der Waals surface area (Å²) in [5.74, 6) is -0.240. The first-order chi connectivity index (χ1) is 16.4. The van der Waals surface area contributed by atoms with E-state index in [0.717, 1.165) is 18.4 Å². The van der Waals surface area contributed by atoms with Crippen LogP contribution < -0.4 is 5.32 Å². The lowest BCUT2D eigenvalue weighted by Crippen LogP contribution is -2.27. The van der Waals surface area contributed by atoms with Gasteiger partial charge in [0.2, 0.25) is 5.91 Å². The Morgan fingerprint density at radius 3 is 2.24 bits per heavy atom. The van der Waals surface area contributed by atoms with Crippen LogP contribution in [0, 0.1) is 6.92 Å². The van der Waals surface area contributed by atoms with Crippen LogP contribution >= 0.6 is 0 Å². The molecule has 0 aliphatic heterocycles. The zero-order valence-corrected chi connectivity index (χ0v) is 20.2. The van der Waals surface area contributed by atoms with E-state index in [1.807, 2.05) is 42.5 Å². The minimum atomic E-state index is -0.755. The fourth-order valence-electron chi connectivity index (χ4n) is 4.53. The average molecular weight is 458 g/mol. The molecular weight excluding hydrogens is 422 g/mol. The summed E-state index contributed by atoms with van der Waals surface area (Å²) in [6.45, 7) is 4.92. The van der Waals surface area contributed by atoms with Gasteiger partial charge < -0.3 is 10.4 Å². The van der Waals surface area contributed by atoms with Crippen LogP contribution in [0.25, 0.3) is 0 Å². The van der Waals surface area contributed by atoms with Gasteiger partial charge in [0.15, 0.2) is 0 Å². The van der Waals surface area contributed by atoms with Crippen LogP contribution in [-0.4, -0.2) is 23.5 Å². The quantitative estimate of drug-likeness (QED) is 0.348. The Morgan fingerprint density at radius 1 is 0.882 bits per heavy atom. The van der Waals surface area contributed by atoms with E-state index in [2.05, 4.69) is 55.6 Å². The van der Waals surface area contributed by atoms with Gasteiger partial charge in [-0.2, -0.15) is 0 Å². The molecule has 0 saturated heterocycles. The Hall–Kier alpha value is -3.40. The Morgan fingerprint density at radius 2 is 1.56 bits per heavy atom. The molecule has 0 aliphatic rings. The van der Waals surface area contributed by atoms with Crippen molar-refractivity contribution >= 4 is 11.9 Å².